The third kappa shape index (κ3) is 4.15. The van der Waals surface area contributed by atoms with E-state index >= 15 is 0 Å². The Morgan fingerprint density at radius 2 is 1.96 bits per heavy atom. The van der Waals surface area contributed by atoms with Crippen LogP contribution in [-0.4, -0.2) is 56.8 Å². The van der Waals surface area contributed by atoms with Gasteiger partial charge in [-0.25, -0.2) is 0 Å². The van der Waals surface area contributed by atoms with E-state index in [1.54, 1.807) is 0 Å². The van der Waals surface area contributed by atoms with E-state index in [9.17, 15) is 8.42 Å². The fourth-order valence-electron chi connectivity index (χ4n) is 2.60. The summed E-state index contributed by atoms with van der Waals surface area (Å²) in [5, 5.41) is 9.28. The lowest BCUT2D eigenvalue weighted by atomic mass is 10.1. The third-order valence-corrected chi connectivity index (χ3v) is 6.23. The zero-order valence-electron chi connectivity index (χ0n) is 13.4. The summed E-state index contributed by atoms with van der Waals surface area (Å²) in [5.74, 6) is 0. The Morgan fingerprint density at radius 1 is 1.30 bits per heavy atom. The Labute approximate surface area is 143 Å². The number of halogens is 1. The lowest BCUT2D eigenvalue weighted by Gasteiger charge is -2.37. The molecule has 0 N–H and O–H groups in total. The number of rotatable bonds is 5. The fourth-order valence-corrected chi connectivity index (χ4v) is 4.11. The predicted molar refractivity (Wildman–Crippen MR) is 91.8 cm³/mol. The quantitative estimate of drug-likeness (QED) is 0.807. The summed E-state index contributed by atoms with van der Waals surface area (Å²) in [5.41, 5.74) is 2.17. The molecule has 0 unspecified atom stereocenters. The minimum absolute atomic E-state index is 0.192. The molecule has 2 rings (SSSR count). The number of piperazine rings is 1. The van der Waals surface area contributed by atoms with Crippen LogP contribution in [0.4, 0.5) is 5.69 Å². The molecule has 0 radical (unpaired) electrons. The summed E-state index contributed by atoms with van der Waals surface area (Å²) >= 11 is 6.06. The predicted octanol–water partition coefficient (Wildman–Crippen LogP) is 1.86. The standard InChI is InChI=1S/C15H21ClN4O2S/c1-13-4-5-14(16)12-15(13)19-8-10-20(11-9-19)23(21,22)18(2)7-3-6-17/h4-5,12H,3,7-11H2,1-2H3. The molecule has 0 atom stereocenters. The molecular weight excluding hydrogens is 336 g/mol. The number of benzene rings is 1. The van der Waals surface area contributed by atoms with E-state index in [1.807, 2.05) is 31.2 Å². The van der Waals surface area contributed by atoms with Crippen molar-refractivity contribution in [3.63, 3.8) is 0 Å². The van der Waals surface area contributed by atoms with Crippen LogP contribution in [0.5, 0.6) is 0 Å². The van der Waals surface area contributed by atoms with Crippen molar-refractivity contribution in [2.24, 2.45) is 0 Å². The van der Waals surface area contributed by atoms with Crippen LogP contribution in [0.25, 0.3) is 0 Å². The molecule has 126 valence electrons. The minimum atomic E-state index is -3.50. The fraction of sp³-hybridized carbons (Fsp3) is 0.533. The Balaban J connectivity index is 2.03. The summed E-state index contributed by atoms with van der Waals surface area (Å²) in [4.78, 5) is 2.16. The lowest BCUT2D eigenvalue weighted by Crippen LogP contribution is -2.52. The van der Waals surface area contributed by atoms with Gasteiger partial charge in [-0.2, -0.15) is 22.3 Å². The summed E-state index contributed by atoms with van der Waals surface area (Å²) in [6.45, 7) is 4.31. The van der Waals surface area contributed by atoms with Crippen LogP contribution in [-0.2, 0) is 10.2 Å². The van der Waals surface area contributed by atoms with Gasteiger partial charge in [0.25, 0.3) is 10.2 Å². The van der Waals surface area contributed by atoms with Gasteiger partial charge in [-0.1, -0.05) is 17.7 Å². The molecule has 1 aliphatic rings. The zero-order valence-corrected chi connectivity index (χ0v) is 14.9. The molecule has 0 aliphatic carbocycles. The number of nitrogens with zero attached hydrogens (tertiary/aromatic N) is 4. The van der Waals surface area contributed by atoms with E-state index in [0.717, 1.165) is 11.3 Å². The Morgan fingerprint density at radius 3 is 2.57 bits per heavy atom. The number of hydrogen-bond acceptors (Lipinski definition) is 4. The van der Waals surface area contributed by atoms with Crippen molar-refractivity contribution in [2.45, 2.75) is 13.3 Å². The Hall–Kier alpha value is -1.33. The number of aryl methyl sites for hydroxylation is 1. The van der Waals surface area contributed by atoms with Crippen molar-refractivity contribution in [3.05, 3.63) is 28.8 Å². The van der Waals surface area contributed by atoms with Crippen molar-refractivity contribution in [1.82, 2.24) is 8.61 Å². The molecule has 23 heavy (non-hydrogen) atoms. The van der Waals surface area contributed by atoms with Gasteiger partial charge in [-0.05, 0) is 24.6 Å². The number of anilines is 1. The van der Waals surface area contributed by atoms with Gasteiger partial charge in [0.1, 0.15) is 0 Å². The molecule has 6 nitrogen and oxygen atoms in total. The average molecular weight is 357 g/mol. The molecule has 1 aliphatic heterocycles. The van der Waals surface area contributed by atoms with Crippen LogP contribution in [0, 0.1) is 18.3 Å². The van der Waals surface area contributed by atoms with Gasteiger partial charge in [0.05, 0.1) is 6.07 Å². The average Bonchev–Trinajstić information content (AvgIpc) is 2.55. The molecular formula is C15H21ClN4O2S. The van der Waals surface area contributed by atoms with Gasteiger partial charge < -0.3 is 4.90 Å². The normalized spacial score (nSPS) is 16.6. The first-order valence-electron chi connectivity index (χ1n) is 7.45. The third-order valence-electron chi connectivity index (χ3n) is 4.01. The van der Waals surface area contributed by atoms with E-state index in [1.165, 1.54) is 15.7 Å². The molecule has 1 saturated heterocycles. The van der Waals surface area contributed by atoms with E-state index in [-0.39, 0.29) is 13.0 Å². The second-order valence-corrected chi connectivity index (χ2v) is 8.03. The first-order chi connectivity index (χ1) is 10.9. The highest BCUT2D eigenvalue weighted by Crippen LogP contribution is 2.26. The topological polar surface area (TPSA) is 67.7 Å². The van der Waals surface area contributed by atoms with Gasteiger partial charge in [0.15, 0.2) is 0 Å². The molecule has 1 heterocycles. The molecule has 0 saturated carbocycles. The first kappa shape index (κ1) is 18.0. The molecule has 0 aromatic heterocycles. The minimum Gasteiger partial charge on any atom is -0.369 e. The van der Waals surface area contributed by atoms with Gasteiger partial charge >= 0.3 is 0 Å². The highest BCUT2D eigenvalue weighted by molar-refractivity contribution is 7.86. The van der Waals surface area contributed by atoms with Crippen molar-refractivity contribution in [1.29, 1.82) is 5.26 Å². The largest absolute Gasteiger partial charge is 0.369 e. The molecule has 0 spiro atoms. The van der Waals surface area contributed by atoms with Gasteiger partial charge in [0.2, 0.25) is 0 Å². The summed E-state index contributed by atoms with van der Waals surface area (Å²) in [6, 6.07) is 7.71. The number of nitriles is 1. The summed E-state index contributed by atoms with van der Waals surface area (Å²) in [7, 11) is -1.98. The van der Waals surface area contributed by atoms with E-state index in [0.29, 0.717) is 31.2 Å². The maximum Gasteiger partial charge on any atom is 0.281 e. The summed E-state index contributed by atoms with van der Waals surface area (Å²) < 4.78 is 27.6. The smallest absolute Gasteiger partial charge is 0.281 e. The highest BCUT2D eigenvalue weighted by Gasteiger charge is 2.30. The first-order valence-corrected chi connectivity index (χ1v) is 9.23. The van der Waals surface area contributed by atoms with E-state index in [4.69, 9.17) is 16.9 Å². The maximum atomic E-state index is 12.5. The van der Waals surface area contributed by atoms with Crippen molar-refractivity contribution in [3.8, 4) is 6.07 Å². The molecule has 8 heteroatoms. The van der Waals surface area contributed by atoms with Crippen molar-refractivity contribution < 1.29 is 8.42 Å². The summed E-state index contributed by atoms with van der Waals surface area (Å²) in [6.07, 6.45) is 0.192. The molecule has 1 fully saturated rings. The van der Waals surface area contributed by atoms with Gasteiger partial charge in [-0.15, -0.1) is 0 Å². The lowest BCUT2D eigenvalue weighted by molar-refractivity contribution is 0.344. The van der Waals surface area contributed by atoms with Crippen LogP contribution >= 0.6 is 11.6 Å². The highest BCUT2D eigenvalue weighted by atomic mass is 35.5. The maximum absolute atomic E-state index is 12.5. The molecule has 1 aromatic carbocycles. The zero-order chi connectivity index (χ0) is 17.0. The van der Waals surface area contributed by atoms with Crippen molar-refractivity contribution >= 4 is 27.5 Å². The van der Waals surface area contributed by atoms with Crippen LogP contribution in [0.1, 0.15) is 12.0 Å². The monoisotopic (exact) mass is 356 g/mol. The van der Waals surface area contributed by atoms with Crippen LogP contribution in [0.3, 0.4) is 0 Å². The molecule has 0 amide bonds. The molecule has 0 bridgehead atoms. The number of hydrogen-bond donors (Lipinski definition) is 0. The second-order valence-electron chi connectivity index (χ2n) is 5.55. The van der Waals surface area contributed by atoms with Gasteiger partial charge in [0, 0.05) is 56.9 Å². The second kappa shape index (κ2) is 7.49. The molecule has 1 aromatic rings. The Bertz CT molecular complexity index is 694. The van der Waals surface area contributed by atoms with Crippen LogP contribution in [0.15, 0.2) is 18.2 Å². The van der Waals surface area contributed by atoms with E-state index in [2.05, 4.69) is 4.90 Å². The van der Waals surface area contributed by atoms with Crippen LogP contribution < -0.4 is 4.90 Å². The Kier molecular flexibility index (Phi) is 5.87. The van der Waals surface area contributed by atoms with Gasteiger partial charge in [-0.3, -0.25) is 0 Å². The van der Waals surface area contributed by atoms with E-state index < -0.39 is 10.2 Å². The van der Waals surface area contributed by atoms with Crippen LogP contribution in [0.2, 0.25) is 5.02 Å². The SMILES string of the molecule is Cc1ccc(Cl)cc1N1CCN(S(=O)(=O)N(C)CCC#N)CC1. The van der Waals surface area contributed by atoms with Crippen molar-refractivity contribution in [2.75, 3.05) is 44.7 Å².